The van der Waals surface area contributed by atoms with Crippen LogP contribution in [0.5, 0.6) is 0 Å². The molecule has 2 heteroatoms. The molecule has 2 nitrogen and oxygen atoms in total. The molecule has 1 heterocycles. The molecule has 0 saturated heterocycles. The highest BCUT2D eigenvalue weighted by molar-refractivity contribution is 6.19. The highest BCUT2D eigenvalue weighted by Gasteiger charge is 2.12. The number of hydrogen-bond acceptors (Lipinski definition) is 2. The van der Waals surface area contributed by atoms with Crippen LogP contribution in [0, 0.1) is 0 Å². The number of fused-ring (bicyclic) bond motifs is 8. The molecule has 9 aromatic rings. The Balaban J connectivity index is 1.23. The van der Waals surface area contributed by atoms with Gasteiger partial charge in [-0.1, -0.05) is 170 Å². The lowest BCUT2D eigenvalue weighted by molar-refractivity contribution is 1.23. The molecule has 0 aliphatic carbocycles. The Morgan fingerprint density at radius 2 is 0.750 bits per heavy atom. The number of benzene rings is 7. The van der Waals surface area contributed by atoms with Gasteiger partial charge in [0.05, 0.1) is 11.2 Å². The summed E-state index contributed by atoms with van der Waals surface area (Å²) in [6.07, 6.45) is 0. The molecule has 0 bridgehead atoms. The van der Waals surface area contributed by atoms with Gasteiger partial charge >= 0.3 is 0 Å². The fraction of sp³-hybridized carbons (Fsp3) is 0. The summed E-state index contributed by atoms with van der Waals surface area (Å²) in [5.74, 6) is 0.734. The van der Waals surface area contributed by atoms with Gasteiger partial charge in [0.1, 0.15) is 0 Å². The Bertz CT molecular complexity index is 2710. The molecule has 8 aromatic carbocycles. The molecule has 9 rings (SSSR count). The van der Waals surface area contributed by atoms with Crippen molar-refractivity contribution in [2.24, 2.45) is 0 Å². The minimum absolute atomic E-state index is 0.734. The highest BCUT2D eigenvalue weighted by atomic mass is 14.9. The molecule has 0 aliphatic heterocycles. The van der Waals surface area contributed by atoms with Gasteiger partial charge in [-0.05, 0) is 66.3 Å². The number of para-hydroxylation sites is 1. The lowest BCUT2D eigenvalue weighted by Gasteiger charge is -2.11. The summed E-state index contributed by atoms with van der Waals surface area (Å²) in [5.41, 5.74) is 6.29. The van der Waals surface area contributed by atoms with Crippen LogP contribution in [0.3, 0.4) is 0 Å². The molecule has 224 valence electrons. The third-order valence-electron chi connectivity index (χ3n) is 9.31. The zero-order valence-electron chi connectivity index (χ0n) is 26.2. The second-order valence-electron chi connectivity index (χ2n) is 12.2. The highest BCUT2D eigenvalue weighted by Crippen LogP contribution is 2.35. The minimum Gasteiger partial charge on any atom is -0.228 e. The normalized spacial score (nSPS) is 11.3. The second-order valence-corrected chi connectivity index (χ2v) is 12.2. The Morgan fingerprint density at radius 1 is 0.271 bits per heavy atom. The van der Waals surface area contributed by atoms with Crippen LogP contribution in [-0.2, 0) is 0 Å². The summed E-state index contributed by atoms with van der Waals surface area (Å²) >= 11 is 0. The first-order chi connectivity index (χ1) is 23.8. The zero-order valence-corrected chi connectivity index (χ0v) is 26.2. The van der Waals surface area contributed by atoms with Crippen LogP contribution in [0.25, 0.3) is 87.8 Å². The molecule has 0 N–H and O–H groups in total. The third-order valence-corrected chi connectivity index (χ3v) is 9.31. The molecule has 48 heavy (non-hydrogen) atoms. The molecular formula is C46H30N2. The number of hydrogen-bond donors (Lipinski definition) is 0. The Morgan fingerprint density at radius 3 is 1.46 bits per heavy atom. The van der Waals surface area contributed by atoms with Crippen LogP contribution in [0.4, 0.5) is 0 Å². The van der Waals surface area contributed by atoms with Gasteiger partial charge in [-0.2, -0.15) is 0 Å². The molecule has 0 radical (unpaired) electrons. The van der Waals surface area contributed by atoms with E-state index in [1.807, 2.05) is 24.3 Å². The molecule has 0 fully saturated rings. The molecule has 0 amide bonds. The van der Waals surface area contributed by atoms with Gasteiger partial charge in [0.15, 0.2) is 5.82 Å². The van der Waals surface area contributed by atoms with Crippen LogP contribution >= 0.6 is 0 Å². The summed E-state index contributed by atoms with van der Waals surface area (Å²) in [4.78, 5) is 9.97. The first kappa shape index (κ1) is 27.9. The van der Waals surface area contributed by atoms with Crippen molar-refractivity contribution in [2.45, 2.75) is 0 Å². The van der Waals surface area contributed by atoms with Crippen LogP contribution in [0.15, 0.2) is 182 Å². The Kier molecular flexibility index (Phi) is 6.84. The maximum atomic E-state index is 5.08. The van der Waals surface area contributed by atoms with E-state index in [-0.39, 0.29) is 0 Å². The van der Waals surface area contributed by atoms with Gasteiger partial charge in [0.25, 0.3) is 0 Å². The first-order valence-electron chi connectivity index (χ1n) is 16.3. The summed E-state index contributed by atoms with van der Waals surface area (Å²) in [6.45, 7) is 0. The fourth-order valence-corrected chi connectivity index (χ4v) is 6.92. The largest absolute Gasteiger partial charge is 0.228 e. The summed E-state index contributed by atoms with van der Waals surface area (Å²) in [7, 11) is 0. The van der Waals surface area contributed by atoms with Gasteiger partial charge in [-0.3, -0.25) is 0 Å². The van der Waals surface area contributed by atoms with Crippen LogP contribution in [-0.4, -0.2) is 9.97 Å². The van der Waals surface area contributed by atoms with Crippen LogP contribution in [0.2, 0.25) is 0 Å². The van der Waals surface area contributed by atoms with E-state index in [4.69, 9.17) is 9.97 Å². The fourth-order valence-electron chi connectivity index (χ4n) is 6.92. The van der Waals surface area contributed by atoms with Crippen molar-refractivity contribution in [2.75, 3.05) is 0 Å². The number of nitrogens with zero attached hydrogens (tertiary/aromatic N) is 2. The van der Waals surface area contributed by atoms with E-state index in [0.717, 1.165) is 39.1 Å². The first-order valence-corrected chi connectivity index (χ1v) is 16.3. The van der Waals surface area contributed by atoms with E-state index in [2.05, 4.69) is 158 Å². The van der Waals surface area contributed by atoms with Gasteiger partial charge in [0.2, 0.25) is 0 Å². The smallest absolute Gasteiger partial charge is 0.160 e. The van der Waals surface area contributed by atoms with Gasteiger partial charge in [0, 0.05) is 16.5 Å². The van der Waals surface area contributed by atoms with E-state index in [1.165, 1.54) is 48.7 Å². The van der Waals surface area contributed by atoms with Crippen molar-refractivity contribution in [3.63, 3.8) is 0 Å². The molecule has 0 spiro atoms. The molecular weight excluding hydrogens is 581 g/mol. The Labute approximate surface area is 278 Å². The van der Waals surface area contributed by atoms with Crippen molar-refractivity contribution in [3.05, 3.63) is 182 Å². The van der Waals surface area contributed by atoms with E-state index < -0.39 is 0 Å². The molecule has 0 unspecified atom stereocenters. The SMILES string of the molecule is c1ccc(-c2nc(-c3ccc(-c4ccc5ccc6ccccc6c6ccccc6c6ccccc6c5c4)cc3)c3ccccc3n2)cc1. The van der Waals surface area contributed by atoms with Gasteiger partial charge in [-0.15, -0.1) is 0 Å². The number of rotatable bonds is 3. The maximum absolute atomic E-state index is 5.08. The third kappa shape index (κ3) is 4.92. The minimum atomic E-state index is 0.734. The predicted molar refractivity (Wildman–Crippen MR) is 203 cm³/mol. The average Bonchev–Trinajstić information content (AvgIpc) is 3.17. The van der Waals surface area contributed by atoms with E-state index in [0.29, 0.717) is 0 Å². The van der Waals surface area contributed by atoms with E-state index in [1.54, 1.807) is 0 Å². The molecule has 0 saturated carbocycles. The monoisotopic (exact) mass is 610 g/mol. The van der Waals surface area contributed by atoms with E-state index in [9.17, 15) is 0 Å². The topological polar surface area (TPSA) is 25.8 Å². The standard InChI is InChI=1S/C46H30N2/c1-2-13-35(14-3-1)46-47-44-21-11-10-20-42(44)45(48-46)34-27-22-31(23-28-34)36-29-26-33-25-24-32-12-4-5-15-37(32)38-16-6-7-17-39(38)40-18-8-9-19-41(40)43(33)30-36/h1-30H. The Hall–Kier alpha value is -6.38. The van der Waals surface area contributed by atoms with Crippen molar-refractivity contribution in [1.82, 2.24) is 9.97 Å². The van der Waals surface area contributed by atoms with Crippen molar-refractivity contribution < 1.29 is 0 Å². The maximum Gasteiger partial charge on any atom is 0.160 e. The summed E-state index contributed by atoms with van der Waals surface area (Å²) in [5, 5.41) is 10.8. The van der Waals surface area contributed by atoms with Gasteiger partial charge < -0.3 is 0 Å². The lowest BCUT2D eigenvalue weighted by Crippen LogP contribution is -1.95. The summed E-state index contributed by atoms with van der Waals surface area (Å²) < 4.78 is 0. The molecule has 0 aliphatic rings. The quantitative estimate of drug-likeness (QED) is 0.199. The van der Waals surface area contributed by atoms with Gasteiger partial charge in [-0.25, -0.2) is 9.97 Å². The lowest BCUT2D eigenvalue weighted by atomic mass is 9.95. The summed E-state index contributed by atoms with van der Waals surface area (Å²) in [6, 6.07) is 64.8. The van der Waals surface area contributed by atoms with Crippen LogP contribution in [0.1, 0.15) is 0 Å². The average molecular weight is 611 g/mol. The number of aromatic nitrogens is 2. The predicted octanol–water partition coefficient (Wildman–Crippen LogP) is 12.4. The molecule has 0 atom stereocenters. The zero-order chi connectivity index (χ0) is 31.9. The second kappa shape index (κ2) is 11.8. The van der Waals surface area contributed by atoms with E-state index >= 15 is 0 Å². The van der Waals surface area contributed by atoms with Crippen molar-refractivity contribution >= 4 is 54.0 Å². The van der Waals surface area contributed by atoms with Crippen LogP contribution < -0.4 is 0 Å². The molecule has 1 aromatic heterocycles. The van der Waals surface area contributed by atoms with Crippen molar-refractivity contribution in [3.8, 4) is 33.8 Å². The van der Waals surface area contributed by atoms with Crippen molar-refractivity contribution in [1.29, 1.82) is 0 Å².